The van der Waals surface area contributed by atoms with Crippen LogP contribution in [-0.4, -0.2) is 8.42 Å². The molecule has 0 fully saturated rings. The molecular formula is C21H24F5NO2S. The van der Waals surface area contributed by atoms with Crippen LogP contribution in [0.4, 0.5) is 22.0 Å². The van der Waals surface area contributed by atoms with Gasteiger partial charge in [-0.25, -0.2) is 35.1 Å². The summed E-state index contributed by atoms with van der Waals surface area (Å²) < 4.78 is 96.4. The highest BCUT2D eigenvalue weighted by Gasteiger charge is 2.39. The van der Waals surface area contributed by atoms with Crippen molar-refractivity contribution in [2.24, 2.45) is 0 Å². The van der Waals surface area contributed by atoms with Crippen LogP contribution in [0.5, 0.6) is 0 Å². The topological polar surface area (TPSA) is 46.2 Å². The Morgan fingerprint density at radius 1 is 0.833 bits per heavy atom. The summed E-state index contributed by atoms with van der Waals surface area (Å²) in [5.41, 5.74) is 0.254. The smallest absolute Gasteiger partial charge is 0.207 e. The van der Waals surface area contributed by atoms with Crippen molar-refractivity contribution in [1.29, 1.82) is 0 Å². The van der Waals surface area contributed by atoms with Gasteiger partial charge in [0.15, 0.2) is 28.2 Å². The second-order valence-corrected chi connectivity index (χ2v) is 8.84. The molecule has 30 heavy (non-hydrogen) atoms. The van der Waals surface area contributed by atoms with Crippen LogP contribution in [0.15, 0.2) is 29.2 Å². The molecule has 0 saturated carbocycles. The van der Waals surface area contributed by atoms with Gasteiger partial charge >= 0.3 is 0 Å². The standard InChI is InChI=1S/C21H24F5NO2S/c1-5-12(4)13-8-10-14(11-9-13)21(6-2,7-3)27-30(28,29)20-18(25)16(23)15(22)17(24)19(20)26/h8-12,27H,5-7H2,1-4H3. The Bertz CT molecular complexity index is 990. The Kier molecular flexibility index (Phi) is 7.29. The van der Waals surface area contributed by atoms with Crippen LogP contribution in [0.2, 0.25) is 0 Å². The Morgan fingerprint density at radius 3 is 1.67 bits per heavy atom. The van der Waals surface area contributed by atoms with Crippen LogP contribution in [0.1, 0.15) is 64.0 Å². The average Bonchev–Trinajstić information content (AvgIpc) is 2.74. The second kappa shape index (κ2) is 9.01. The van der Waals surface area contributed by atoms with Gasteiger partial charge in [0, 0.05) is 0 Å². The van der Waals surface area contributed by atoms with Crippen LogP contribution in [0, 0.1) is 29.1 Å². The lowest BCUT2D eigenvalue weighted by Gasteiger charge is -2.33. The first kappa shape index (κ1) is 24.3. The first-order valence-electron chi connectivity index (χ1n) is 9.61. The Labute approximate surface area is 173 Å². The molecule has 9 heteroatoms. The molecule has 0 amide bonds. The molecule has 0 aliphatic carbocycles. The van der Waals surface area contributed by atoms with Gasteiger partial charge < -0.3 is 0 Å². The van der Waals surface area contributed by atoms with Crippen molar-refractivity contribution in [2.75, 3.05) is 0 Å². The zero-order valence-electron chi connectivity index (χ0n) is 17.1. The summed E-state index contributed by atoms with van der Waals surface area (Å²) in [6.07, 6.45) is 1.26. The number of nitrogens with one attached hydrogen (secondary N) is 1. The number of rotatable bonds is 8. The van der Waals surface area contributed by atoms with E-state index in [4.69, 9.17) is 0 Å². The van der Waals surface area contributed by atoms with E-state index in [1.54, 1.807) is 26.0 Å². The molecule has 3 nitrogen and oxygen atoms in total. The van der Waals surface area contributed by atoms with Gasteiger partial charge in [0.2, 0.25) is 15.8 Å². The SMILES string of the molecule is CCC(C)c1ccc(C(CC)(CC)NS(=O)(=O)c2c(F)c(F)c(F)c(F)c2F)cc1. The number of hydrogen-bond acceptors (Lipinski definition) is 2. The monoisotopic (exact) mass is 449 g/mol. The van der Waals surface area contributed by atoms with Crippen molar-refractivity contribution < 1.29 is 30.4 Å². The molecule has 0 aliphatic heterocycles. The maximum absolute atomic E-state index is 14.1. The molecule has 1 N–H and O–H groups in total. The molecule has 0 aromatic heterocycles. The minimum atomic E-state index is -5.09. The maximum atomic E-state index is 14.1. The lowest BCUT2D eigenvalue weighted by Crippen LogP contribution is -2.45. The highest BCUT2D eigenvalue weighted by molar-refractivity contribution is 7.89. The van der Waals surface area contributed by atoms with E-state index in [9.17, 15) is 30.4 Å². The number of halogens is 5. The quantitative estimate of drug-likeness (QED) is 0.310. The first-order valence-corrected chi connectivity index (χ1v) is 11.1. The van der Waals surface area contributed by atoms with E-state index in [1.807, 2.05) is 26.0 Å². The molecule has 0 radical (unpaired) electrons. The van der Waals surface area contributed by atoms with Crippen molar-refractivity contribution in [3.05, 3.63) is 64.5 Å². The average molecular weight is 449 g/mol. The van der Waals surface area contributed by atoms with Crippen LogP contribution < -0.4 is 4.72 Å². The molecule has 0 heterocycles. The molecule has 0 bridgehead atoms. The van der Waals surface area contributed by atoms with E-state index in [1.165, 1.54) is 0 Å². The van der Waals surface area contributed by atoms with E-state index >= 15 is 0 Å². The van der Waals surface area contributed by atoms with E-state index in [0.29, 0.717) is 5.56 Å². The Balaban J connectivity index is 2.58. The van der Waals surface area contributed by atoms with Crippen molar-refractivity contribution in [2.45, 2.75) is 63.3 Å². The minimum absolute atomic E-state index is 0.181. The molecule has 166 valence electrons. The fraction of sp³-hybridized carbons (Fsp3) is 0.429. The second-order valence-electron chi connectivity index (χ2n) is 7.23. The molecule has 2 aromatic rings. The van der Waals surface area contributed by atoms with E-state index in [0.717, 1.165) is 12.0 Å². The molecule has 0 spiro atoms. The van der Waals surface area contributed by atoms with Gasteiger partial charge in [0.1, 0.15) is 0 Å². The van der Waals surface area contributed by atoms with Crippen molar-refractivity contribution in [1.82, 2.24) is 4.72 Å². The fourth-order valence-corrected chi connectivity index (χ4v) is 5.03. The number of sulfonamides is 1. The number of benzene rings is 2. The molecule has 1 atom stereocenters. The van der Waals surface area contributed by atoms with Crippen molar-refractivity contribution >= 4 is 10.0 Å². The molecule has 2 rings (SSSR count). The van der Waals surface area contributed by atoms with E-state index in [2.05, 4.69) is 4.72 Å². The van der Waals surface area contributed by atoms with E-state index < -0.39 is 49.5 Å². The van der Waals surface area contributed by atoms with Gasteiger partial charge in [-0.05, 0) is 36.3 Å². The van der Waals surface area contributed by atoms with E-state index in [-0.39, 0.29) is 18.8 Å². The first-order chi connectivity index (χ1) is 14.0. The normalized spacial score (nSPS) is 13.5. The third-order valence-corrected chi connectivity index (χ3v) is 7.18. The predicted octanol–water partition coefficient (Wildman–Crippen LogP) is 5.89. The highest BCUT2D eigenvalue weighted by atomic mass is 32.2. The summed E-state index contributed by atoms with van der Waals surface area (Å²) >= 11 is 0. The highest BCUT2D eigenvalue weighted by Crippen LogP contribution is 2.34. The molecule has 2 aromatic carbocycles. The summed E-state index contributed by atoms with van der Waals surface area (Å²) in [6, 6.07) is 7.07. The molecular weight excluding hydrogens is 425 g/mol. The number of hydrogen-bond donors (Lipinski definition) is 1. The fourth-order valence-electron chi connectivity index (χ4n) is 3.36. The van der Waals surface area contributed by atoms with Gasteiger partial charge in [-0.2, -0.15) is 0 Å². The third kappa shape index (κ3) is 4.23. The maximum Gasteiger partial charge on any atom is 0.247 e. The molecule has 0 saturated heterocycles. The summed E-state index contributed by atoms with van der Waals surface area (Å²) in [5.74, 6) is -11.6. The van der Waals surface area contributed by atoms with Gasteiger partial charge in [-0.15, -0.1) is 0 Å². The summed E-state index contributed by atoms with van der Waals surface area (Å²) in [6.45, 7) is 7.38. The Hall–Kier alpha value is -2.00. The molecule has 1 unspecified atom stereocenters. The van der Waals surface area contributed by atoms with Crippen molar-refractivity contribution in [3.63, 3.8) is 0 Å². The summed E-state index contributed by atoms with van der Waals surface area (Å²) in [4.78, 5) is -1.89. The Morgan fingerprint density at radius 2 is 1.27 bits per heavy atom. The predicted molar refractivity (Wildman–Crippen MR) is 104 cm³/mol. The zero-order valence-corrected chi connectivity index (χ0v) is 17.9. The lowest BCUT2D eigenvalue weighted by atomic mass is 9.84. The third-order valence-electron chi connectivity index (χ3n) is 5.62. The van der Waals surface area contributed by atoms with Crippen LogP contribution in [0.3, 0.4) is 0 Å². The van der Waals surface area contributed by atoms with Gasteiger partial charge in [0.25, 0.3) is 0 Å². The van der Waals surface area contributed by atoms with Crippen LogP contribution in [-0.2, 0) is 15.6 Å². The minimum Gasteiger partial charge on any atom is -0.207 e. The van der Waals surface area contributed by atoms with Crippen molar-refractivity contribution in [3.8, 4) is 0 Å². The van der Waals surface area contributed by atoms with Gasteiger partial charge in [-0.1, -0.05) is 52.0 Å². The largest absolute Gasteiger partial charge is 0.247 e. The van der Waals surface area contributed by atoms with Crippen LogP contribution >= 0.6 is 0 Å². The van der Waals surface area contributed by atoms with Crippen LogP contribution in [0.25, 0.3) is 0 Å². The van der Waals surface area contributed by atoms with Gasteiger partial charge in [0.05, 0.1) is 5.54 Å². The van der Waals surface area contributed by atoms with Gasteiger partial charge in [-0.3, -0.25) is 0 Å². The summed E-state index contributed by atoms with van der Waals surface area (Å²) in [7, 11) is -5.09. The summed E-state index contributed by atoms with van der Waals surface area (Å²) in [5, 5.41) is 0. The lowest BCUT2D eigenvalue weighted by molar-refractivity contribution is 0.346. The zero-order chi connectivity index (χ0) is 22.9. The molecule has 0 aliphatic rings.